The van der Waals surface area contributed by atoms with Crippen LogP contribution in [0.15, 0.2) is 36.7 Å². The maximum absolute atomic E-state index is 4.32. The van der Waals surface area contributed by atoms with Gasteiger partial charge in [-0.05, 0) is 12.5 Å². The SMILES string of the molecule is CCC(Nc1ncc[nH]1)c1[nH]nc2ccccc12. The predicted octanol–water partition coefficient (Wildman–Crippen LogP) is 2.85. The Balaban J connectivity index is 1.96. The molecule has 0 bridgehead atoms. The number of nitrogens with zero attached hydrogens (tertiary/aromatic N) is 2. The van der Waals surface area contributed by atoms with Crippen LogP contribution in [0.2, 0.25) is 0 Å². The number of nitrogens with one attached hydrogen (secondary N) is 3. The fourth-order valence-electron chi connectivity index (χ4n) is 2.13. The van der Waals surface area contributed by atoms with E-state index in [9.17, 15) is 0 Å². The number of benzene rings is 1. The molecule has 3 aromatic rings. The molecule has 5 heteroatoms. The van der Waals surface area contributed by atoms with Crippen LogP contribution in [0.25, 0.3) is 10.9 Å². The first-order valence-corrected chi connectivity index (χ1v) is 6.07. The molecule has 0 saturated carbocycles. The van der Waals surface area contributed by atoms with Gasteiger partial charge in [0.05, 0.1) is 17.3 Å². The van der Waals surface area contributed by atoms with Gasteiger partial charge >= 0.3 is 0 Å². The summed E-state index contributed by atoms with van der Waals surface area (Å²) >= 11 is 0. The molecule has 1 unspecified atom stereocenters. The number of H-pyrrole nitrogens is 2. The van der Waals surface area contributed by atoms with Crippen molar-refractivity contribution in [2.75, 3.05) is 5.32 Å². The molecule has 3 rings (SSSR count). The molecular formula is C13H15N5. The summed E-state index contributed by atoms with van der Waals surface area (Å²) in [5.74, 6) is 0.778. The molecule has 0 radical (unpaired) electrons. The zero-order chi connectivity index (χ0) is 12.4. The van der Waals surface area contributed by atoms with Crippen LogP contribution >= 0.6 is 0 Å². The number of fused-ring (bicyclic) bond motifs is 1. The van der Waals surface area contributed by atoms with E-state index in [-0.39, 0.29) is 6.04 Å². The third kappa shape index (κ3) is 1.84. The van der Waals surface area contributed by atoms with E-state index < -0.39 is 0 Å². The van der Waals surface area contributed by atoms with Gasteiger partial charge in [-0.2, -0.15) is 5.10 Å². The number of aromatic nitrogens is 4. The van der Waals surface area contributed by atoms with E-state index in [1.165, 1.54) is 0 Å². The van der Waals surface area contributed by atoms with Gasteiger partial charge in [0.1, 0.15) is 0 Å². The summed E-state index contributed by atoms with van der Waals surface area (Å²) in [7, 11) is 0. The van der Waals surface area contributed by atoms with E-state index in [0.717, 1.165) is 29.0 Å². The summed E-state index contributed by atoms with van der Waals surface area (Å²) in [5.41, 5.74) is 2.09. The zero-order valence-electron chi connectivity index (χ0n) is 10.1. The minimum absolute atomic E-state index is 0.170. The smallest absolute Gasteiger partial charge is 0.200 e. The molecule has 1 aromatic carbocycles. The molecule has 5 nitrogen and oxygen atoms in total. The van der Waals surface area contributed by atoms with Crippen LogP contribution in [-0.2, 0) is 0 Å². The lowest BCUT2D eigenvalue weighted by molar-refractivity contribution is 0.716. The maximum atomic E-state index is 4.32. The molecule has 0 fully saturated rings. The largest absolute Gasteiger partial charge is 0.347 e. The third-order valence-electron chi connectivity index (χ3n) is 3.06. The Morgan fingerprint density at radius 2 is 2.22 bits per heavy atom. The van der Waals surface area contributed by atoms with Gasteiger partial charge in [0, 0.05) is 17.8 Å². The van der Waals surface area contributed by atoms with E-state index >= 15 is 0 Å². The lowest BCUT2D eigenvalue weighted by Crippen LogP contribution is -2.11. The number of aromatic amines is 2. The van der Waals surface area contributed by atoms with Gasteiger partial charge in [0.2, 0.25) is 5.95 Å². The summed E-state index contributed by atoms with van der Waals surface area (Å²) in [6.45, 7) is 2.14. The average Bonchev–Trinajstić information content (AvgIpc) is 3.05. The molecule has 2 aromatic heterocycles. The quantitative estimate of drug-likeness (QED) is 0.657. The van der Waals surface area contributed by atoms with E-state index in [0.29, 0.717) is 0 Å². The number of hydrogen-bond acceptors (Lipinski definition) is 3. The number of imidazole rings is 1. The molecule has 18 heavy (non-hydrogen) atoms. The monoisotopic (exact) mass is 241 g/mol. The van der Waals surface area contributed by atoms with Crippen molar-refractivity contribution >= 4 is 16.9 Å². The van der Waals surface area contributed by atoms with Crippen LogP contribution in [0.5, 0.6) is 0 Å². The minimum atomic E-state index is 0.170. The molecule has 0 spiro atoms. The van der Waals surface area contributed by atoms with Gasteiger partial charge in [0.15, 0.2) is 0 Å². The van der Waals surface area contributed by atoms with Crippen molar-refractivity contribution in [3.8, 4) is 0 Å². The van der Waals surface area contributed by atoms with Crippen LogP contribution in [0.4, 0.5) is 5.95 Å². The standard InChI is InChI=1S/C13H15N5/c1-2-10(16-13-14-7-8-15-13)12-9-5-3-4-6-11(9)17-18-12/h3-8,10H,2H2,1H3,(H,17,18)(H2,14,15,16). The van der Waals surface area contributed by atoms with Crippen LogP contribution in [0.1, 0.15) is 25.1 Å². The Morgan fingerprint density at radius 1 is 1.33 bits per heavy atom. The number of para-hydroxylation sites is 1. The van der Waals surface area contributed by atoms with Crippen LogP contribution < -0.4 is 5.32 Å². The lowest BCUT2D eigenvalue weighted by atomic mass is 10.1. The molecule has 0 aliphatic rings. The Morgan fingerprint density at radius 3 is 3.00 bits per heavy atom. The highest BCUT2D eigenvalue weighted by atomic mass is 15.2. The zero-order valence-corrected chi connectivity index (χ0v) is 10.1. The summed E-state index contributed by atoms with van der Waals surface area (Å²) in [4.78, 5) is 7.25. The summed E-state index contributed by atoms with van der Waals surface area (Å²) < 4.78 is 0. The maximum Gasteiger partial charge on any atom is 0.200 e. The molecular weight excluding hydrogens is 226 g/mol. The molecule has 0 aliphatic heterocycles. The second kappa shape index (κ2) is 4.52. The van der Waals surface area contributed by atoms with Gasteiger partial charge in [0.25, 0.3) is 0 Å². The van der Waals surface area contributed by atoms with E-state index in [2.05, 4.69) is 38.5 Å². The van der Waals surface area contributed by atoms with Gasteiger partial charge in [-0.3, -0.25) is 5.10 Å². The van der Waals surface area contributed by atoms with Gasteiger partial charge in [-0.25, -0.2) is 4.98 Å². The van der Waals surface area contributed by atoms with E-state index in [4.69, 9.17) is 0 Å². The molecule has 0 aliphatic carbocycles. The van der Waals surface area contributed by atoms with Crippen LogP contribution in [-0.4, -0.2) is 20.2 Å². The first-order valence-electron chi connectivity index (χ1n) is 6.07. The van der Waals surface area contributed by atoms with Crippen molar-refractivity contribution in [3.05, 3.63) is 42.4 Å². The van der Waals surface area contributed by atoms with Gasteiger partial charge < -0.3 is 10.3 Å². The average molecular weight is 241 g/mol. The summed E-state index contributed by atoms with van der Waals surface area (Å²) in [5, 5.41) is 12.0. The minimum Gasteiger partial charge on any atom is -0.347 e. The van der Waals surface area contributed by atoms with Crippen LogP contribution in [0, 0.1) is 0 Å². The normalized spacial score (nSPS) is 12.7. The second-order valence-corrected chi connectivity index (χ2v) is 4.20. The second-order valence-electron chi connectivity index (χ2n) is 4.20. The van der Waals surface area contributed by atoms with Crippen molar-refractivity contribution < 1.29 is 0 Å². The van der Waals surface area contributed by atoms with Crippen LogP contribution in [0.3, 0.4) is 0 Å². The predicted molar refractivity (Wildman–Crippen MR) is 71.3 cm³/mol. The molecule has 0 saturated heterocycles. The fourth-order valence-corrected chi connectivity index (χ4v) is 2.13. The Labute approximate surface area is 105 Å². The topological polar surface area (TPSA) is 69.4 Å². The number of anilines is 1. The molecule has 3 N–H and O–H groups in total. The molecule has 0 amide bonds. The van der Waals surface area contributed by atoms with E-state index in [1.54, 1.807) is 12.4 Å². The number of rotatable bonds is 4. The van der Waals surface area contributed by atoms with Crippen molar-refractivity contribution in [1.82, 2.24) is 20.2 Å². The summed E-state index contributed by atoms with van der Waals surface area (Å²) in [6.07, 6.45) is 4.49. The number of hydrogen-bond donors (Lipinski definition) is 3. The van der Waals surface area contributed by atoms with Crippen molar-refractivity contribution in [2.45, 2.75) is 19.4 Å². The highest BCUT2D eigenvalue weighted by molar-refractivity contribution is 5.81. The Kier molecular flexibility index (Phi) is 2.72. The van der Waals surface area contributed by atoms with Gasteiger partial charge in [-0.1, -0.05) is 25.1 Å². The Bertz CT molecular complexity index is 626. The first kappa shape index (κ1) is 10.8. The highest BCUT2D eigenvalue weighted by Gasteiger charge is 2.15. The van der Waals surface area contributed by atoms with Crippen molar-refractivity contribution in [3.63, 3.8) is 0 Å². The lowest BCUT2D eigenvalue weighted by Gasteiger charge is -2.15. The van der Waals surface area contributed by atoms with Crippen molar-refractivity contribution in [2.24, 2.45) is 0 Å². The summed E-state index contributed by atoms with van der Waals surface area (Å²) in [6, 6.07) is 8.29. The van der Waals surface area contributed by atoms with Crippen molar-refractivity contribution in [1.29, 1.82) is 0 Å². The highest BCUT2D eigenvalue weighted by Crippen LogP contribution is 2.25. The Hall–Kier alpha value is -2.30. The third-order valence-corrected chi connectivity index (χ3v) is 3.06. The fraction of sp³-hybridized carbons (Fsp3) is 0.231. The molecule has 92 valence electrons. The molecule has 2 heterocycles. The molecule has 1 atom stereocenters. The van der Waals surface area contributed by atoms with E-state index in [1.807, 2.05) is 18.2 Å². The van der Waals surface area contributed by atoms with Gasteiger partial charge in [-0.15, -0.1) is 0 Å². The first-order chi connectivity index (χ1) is 8.88.